The summed E-state index contributed by atoms with van der Waals surface area (Å²) in [5, 5.41) is 19.6. The molecule has 176 valence electrons. The Hall–Kier alpha value is -3.03. The summed E-state index contributed by atoms with van der Waals surface area (Å²) in [7, 11) is -3.90. The number of nitrogens with one attached hydrogen (secondary N) is 1. The molecule has 2 rings (SSSR count). The van der Waals surface area contributed by atoms with Crippen LogP contribution < -0.4 is 14.8 Å². The van der Waals surface area contributed by atoms with E-state index in [2.05, 4.69) is 10.1 Å². The van der Waals surface area contributed by atoms with Crippen molar-refractivity contribution in [3.63, 3.8) is 0 Å². The van der Waals surface area contributed by atoms with Gasteiger partial charge in [0.15, 0.2) is 9.84 Å². The molecule has 0 spiro atoms. The lowest BCUT2D eigenvalue weighted by molar-refractivity contribution is -0.274. The standard InChI is InChI=1S/C19H20F3NO8S/c20-19(21,22)31-16-3-1-14(2-4-16)30-15-5-7-17(8-6-15)32(27,28)12-13(23-18(25)26)11-29-10-9-24/h1-8,13,23-24H,9-12H2,(H,25,26). The Bertz CT molecular complexity index is 979. The number of ether oxygens (including phenoxy) is 3. The van der Waals surface area contributed by atoms with Crippen molar-refractivity contribution in [3.05, 3.63) is 48.5 Å². The molecule has 0 bridgehead atoms. The highest BCUT2D eigenvalue weighted by Crippen LogP contribution is 2.28. The van der Waals surface area contributed by atoms with Gasteiger partial charge in [0.1, 0.15) is 17.2 Å². The summed E-state index contributed by atoms with van der Waals surface area (Å²) in [4.78, 5) is 10.8. The monoisotopic (exact) mass is 479 g/mol. The van der Waals surface area contributed by atoms with Gasteiger partial charge >= 0.3 is 12.5 Å². The zero-order chi connectivity index (χ0) is 23.8. The van der Waals surface area contributed by atoms with Crippen LogP contribution in [0.25, 0.3) is 0 Å². The van der Waals surface area contributed by atoms with Crippen LogP contribution in [0.1, 0.15) is 0 Å². The van der Waals surface area contributed by atoms with E-state index in [1.807, 2.05) is 0 Å². The van der Waals surface area contributed by atoms with Crippen LogP contribution >= 0.6 is 0 Å². The lowest BCUT2D eigenvalue weighted by atomic mass is 10.3. The summed E-state index contributed by atoms with van der Waals surface area (Å²) in [5.74, 6) is -0.577. The largest absolute Gasteiger partial charge is 0.573 e. The third-order valence-corrected chi connectivity index (χ3v) is 5.61. The molecule has 1 unspecified atom stereocenters. The molecular weight excluding hydrogens is 459 g/mol. The lowest BCUT2D eigenvalue weighted by Gasteiger charge is -2.17. The lowest BCUT2D eigenvalue weighted by Crippen LogP contribution is -2.42. The number of alkyl halides is 3. The zero-order valence-corrected chi connectivity index (χ0v) is 17.2. The number of aliphatic hydroxyl groups is 1. The predicted molar refractivity (Wildman–Crippen MR) is 105 cm³/mol. The highest BCUT2D eigenvalue weighted by Gasteiger charge is 2.31. The van der Waals surface area contributed by atoms with Crippen molar-refractivity contribution < 1.29 is 50.8 Å². The predicted octanol–water partition coefficient (Wildman–Crippen LogP) is 2.80. The van der Waals surface area contributed by atoms with Crippen molar-refractivity contribution in [1.29, 1.82) is 0 Å². The minimum absolute atomic E-state index is 0.0762. The Morgan fingerprint density at radius 3 is 2.03 bits per heavy atom. The maximum absolute atomic E-state index is 12.6. The van der Waals surface area contributed by atoms with Crippen LogP contribution in [-0.2, 0) is 14.6 Å². The van der Waals surface area contributed by atoms with Gasteiger partial charge in [0, 0.05) is 0 Å². The first-order valence-electron chi connectivity index (χ1n) is 9.03. The van der Waals surface area contributed by atoms with Gasteiger partial charge in [0.2, 0.25) is 0 Å². The first-order chi connectivity index (χ1) is 15.0. The van der Waals surface area contributed by atoms with Gasteiger partial charge in [-0.05, 0) is 48.5 Å². The number of rotatable bonds is 11. The maximum atomic E-state index is 12.6. The minimum atomic E-state index is -4.81. The van der Waals surface area contributed by atoms with Gasteiger partial charge < -0.3 is 29.7 Å². The number of amides is 1. The maximum Gasteiger partial charge on any atom is 0.573 e. The molecule has 1 atom stereocenters. The van der Waals surface area contributed by atoms with Crippen LogP contribution in [0.15, 0.2) is 53.4 Å². The Morgan fingerprint density at radius 2 is 1.53 bits per heavy atom. The van der Waals surface area contributed by atoms with E-state index in [-0.39, 0.29) is 36.2 Å². The van der Waals surface area contributed by atoms with Crippen LogP contribution in [0.5, 0.6) is 17.2 Å². The third-order valence-electron chi connectivity index (χ3n) is 3.78. The molecule has 0 aromatic heterocycles. The van der Waals surface area contributed by atoms with Crippen molar-refractivity contribution in [2.75, 3.05) is 25.6 Å². The molecule has 0 radical (unpaired) electrons. The molecule has 0 heterocycles. The summed E-state index contributed by atoms with van der Waals surface area (Å²) in [6.07, 6.45) is -6.23. The van der Waals surface area contributed by atoms with Crippen LogP contribution in [0.2, 0.25) is 0 Å². The minimum Gasteiger partial charge on any atom is -0.465 e. The van der Waals surface area contributed by atoms with Crippen LogP contribution in [0.3, 0.4) is 0 Å². The van der Waals surface area contributed by atoms with Crippen LogP contribution in [0, 0.1) is 0 Å². The van der Waals surface area contributed by atoms with E-state index in [4.69, 9.17) is 19.7 Å². The Labute approximate surface area is 181 Å². The Kier molecular flexibility index (Phi) is 8.69. The van der Waals surface area contributed by atoms with E-state index in [0.717, 1.165) is 12.1 Å². The SMILES string of the molecule is O=C(O)NC(COCCO)CS(=O)(=O)c1ccc(Oc2ccc(OC(F)(F)F)cc2)cc1. The summed E-state index contributed by atoms with van der Waals surface area (Å²) in [6.45, 7) is -0.624. The number of aliphatic hydroxyl groups excluding tert-OH is 1. The highest BCUT2D eigenvalue weighted by atomic mass is 32.2. The first-order valence-corrected chi connectivity index (χ1v) is 10.7. The molecular formula is C19H20F3NO8S. The summed E-state index contributed by atoms with van der Waals surface area (Å²) in [6, 6.07) is 8.75. The Balaban J connectivity index is 2.03. The number of carboxylic acid groups (broad SMARTS) is 1. The van der Waals surface area contributed by atoms with E-state index in [1.165, 1.54) is 36.4 Å². The second kappa shape index (κ2) is 11.0. The molecule has 0 saturated carbocycles. The van der Waals surface area contributed by atoms with E-state index in [0.29, 0.717) is 0 Å². The molecule has 0 aliphatic carbocycles. The van der Waals surface area contributed by atoms with Crippen molar-refractivity contribution in [2.24, 2.45) is 0 Å². The van der Waals surface area contributed by atoms with E-state index < -0.39 is 39.8 Å². The van der Waals surface area contributed by atoms with Gasteiger partial charge in [0.25, 0.3) is 0 Å². The van der Waals surface area contributed by atoms with Gasteiger partial charge in [-0.25, -0.2) is 13.2 Å². The molecule has 0 aliphatic heterocycles. The molecule has 13 heteroatoms. The number of hydrogen-bond donors (Lipinski definition) is 3. The van der Waals surface area contributed by atoms with Crippen molar-refractivity contribution in [1.82, 2.24) is 5.32 Å². The first kappa shape index (κ1) is 25.2. The van der Waals surface area contributed by atoms with Gasteiger partial charge in [0.05, 0.1) is 36.5 Å². The fraction of sp³-hybridized carbons (Fsp3) is 0.316. The molecule has 2 aromatic carbocycles. The molecule has 0 saturated heterocycles. The molecule has 0 aliphatic rings. The third kappa shape index (κ3) is 8.61. The second-order valence-electron chi connectivity index (χ2n) is 6.32. The number of hydrogen-bond acceptors (Lipinski definition) is 7. The molecule has 0 fully saturated rings. The molecule has 32 heavy (non-hydrogen) atoms. The second-order valence-corrected chi connectivity index (χ2v) is 8.35. The summed E-state index contributed by atoms with van der Waals surface area (Å²) in [5.41, 5.74) is 0. The van der Waals surface area contributed by atoms with Gasteiger partial charge in [-0.2, -0.15) is 0 Å². The number of carbonyl (C=O) groups is 1. The van der Waals surface area contributed by atoms with Gasteiger partial charge in [-0.1, -0.05) is 0 Å². The van der Waals surface area contributed by atoms with Crippen LogP contribution in [0.4, 0.5) is 18.0 Å². The topological polar surface area (TPSA) is 131 Å². The molecule has 2 aromatic rings. The normalized spacial score (nSPS) is 12.8. The van der Waals surface area contributed by atoms with Gasteiger partial charge in [-0.3, -0.25) is 0 Å². The van der Waals surface area contributed by atoms with E-state index >= 15 is 0 Å². The van der Waals surface area contributed by atoms with Crippen molar-refractivity contribution in [3.8, 4) is 17.2 Å². The van der Waals surface area contributed by atoms with Crippen molar-refractivity contribution >= 4 is 15.9 Å². The highest BCUT2D eigenvalue weighted by molar-refractivity contribution is 7.91. The average Bonchev–Trinajstić information content (AvgIpc) is 2.68. The van der Waals surface area contributed by atoms with Crippen LogP contribution in [-0.4, -0.2) is 62.7 Å². The van der Waals surface area contributed by atoms with E-state index in [1.54, 1.807) is 0 Å². The molecule has 9 nitrogen and oxygen atoms in total. The summed E-state index contributed by atoms with van der Waals surface area (Å²) < 4.78 is 76.0. The zero-order valence-electron chi connectivity index (χ0n) is 16.4. The molecule has 3 N–H and O–H groups in total. The van der Waals surface area contributed by atoms with Gasteiger partial charge in [-0.15, -0.1) is 13.2 Å². The fourth-order valence-electron chi connectivity index (χ4n) is 2.52. The number of sulfone groups is 1. The average molecular weight is 479 g/mol. The van der Waals surface area contributed by atoms with E-state index in [9.17, 15) is 26.4 Å². The Morgan fingerprint density at radius 1 is 1.00 bits per heavy atom. The smallest absolute Gasteiger partial charge is 0.465 e. The summed E-state index contributed by atoms with van der Waals surface area (Å²) >= 11 is 0. The quantitative estimate of drug-likeness (QED) is 0.420. The van der Waals surface area contributed by atoms with Crippen molar-refractivity contribution in [2.45, 2.75) is 17.3 Å². The number of halogens is 3. The number of benzene rings is 2. The molecule has 1 amide bonds. The fourth-order valence-corrected chi connectivity index (χ4v) is 3.97.